The lowest BCUT2D eigenvalue weighted by molar-refractivity contribution is -0.0944. The zero-order valence-electron chi connectivity index (χ0n) is 6.17. The van der Waals surface area contributed by atoms with Gasteiger partial charge in [-0.05, 0) is 5.21 Å². The summed E-state index contributed by atoms with van der Waals surface area (Å²) in [4.78, 5) is 0. The standard InChI is InChI=1S/C3H3BN6O3/c5-2-1-3(7-9-6-2)10-12-4(13-10)11-8-1/h8H,(H2,5,6,7). The fourth-order valence-corrected chi connectivity index (χ4v) is 0.967. The molecule has 1 fully saturated rings. The molecule has 0 amide bonds. The van der Waals surface area contributed by atoms with Crippen LogP contribution in [0.25, 0.3) is 0 Å². The summed E-state index contributed by atoms with van der Waals surface area (Å²) in [7, 11) is -0.784. The minimum atomic E-state index is -0.784. The Bertz CT molecular complexity index is 355. The number of nitrogens with zero attached hydrogens (tertiary/aromatic N) is 4. The van der Waals surface area contributed by atoms with Gasteiger partial charge in [0.25, 0.3) is 0 Å². The number of hydrogen-bond donors (Lipinski definition) is 2. The van der Waals surface area contributed by atoms with Crippen molar-refractivity contribution in [2.24, 2.45) is 0 Å². The van der Waals surface area contributed by atoms with Gasteiger partial charge in [0.1, 0.15) is 0 Å². The average Bonchev–Trinajstić information content (AvgIpc) is 2.31. The van der Waals surface area contributed by atoms with Crippen molar-refractivity contribution in [1.29, 1.82) is 0 Å². The van der Waals surface area contributed by atoms with Crippen LogP contribution < -0.4 is 16.4 Å². The summed E-state index contributed by atoms with van der Waals surface area (Å²) in [6.45, 7) is 0. The Morgan fingerprint density at radius 1 is 1.38 bits per heavy atom. The maximum absolute atomic E-state index is 5.50. The molecule has 2 bridgehead atoms. The first-order valence-electron chi connectivity index (χ1n) is 3.39. The van der Waals surface area contributed by atoms with Crippen molar-refractivity contribution in [3.05, 3.63) is 0 Å². The average molecular weight is 182 g/mol. The Kier molecular flexibility index (Phi) is 1.15. The van der Waals surface area contributed by atoms with Gasteiger partial charge in [-0.2, -0.15) is 0 Å². The van der Waals surface area contributed by atoms with Gasteiger partial charge in [0.2, 0.25) is 5.82 Å². The molecular weight excluding hydrogens is 179 g/mol. The highest BCUT2D eigenvalue weighted by atomic mass is 17.1. The highest BCUT2D eigenvalue weighted by Gasteiger charge is 2.46. The van der Waals surface area contributed by atoms with E-state index in [2.05, 4.69) is 20.9 Å². The number of nitrogen functional groups attached to an aromatic ring is 1. The molecule has 0 radical (unpaired) electrons. The molecule has 66 valence electrons. The summed E-state index contributed by atoms with van der Waals surface area (Å²) in [5, 5.41) is 11.6. The number of aromatic nitrogens is 3. The predicted octanol–water partition coefficient (Wildman–Crippen LogP) is -1.52. The fraction of sp³-hybridized carbons (Fsp3) is 0. The highest BCUT2D eigenvalue weighted by molar-refractivity contribution is 6.39. The molecule has 0 aliphatic carbocycles. The van der Waals surface area contributed by atoms with Crippen LogP contribution in [-0.2, 0) is 14.3 Å². The van der Waals surface area contributed by atoms with Crippen LogP contribution in [0.3, 0.4) is 0 Å². The van der Waals surface area contributed by atoms with Crippen LogP contribution in [-0.4, -0.2) is 22.7 Å². The van der Waals surface area contributed by atoms with E-state index in [4.69, 9.17) is 20.0 Å². The Labute approximate surface area is 71.8 Å². The van der Waals surface area contributed by atoms with E-state index >= 15 is 0 Å². The second-order valence-corrected chi connectivity index (χ2v) is 2.35. The van der Waals surface area contributed by atoms with Gasteiger partial charge < -0.3 is 5.73 Å². The van der Waals surface area contributed by atoms with Crippen molar-refractivity contribution in [3.8, 4) is 0 Å². The molecule has 0 aromatic carbocycles. The topological polar surface area (TPSA) is 108 Å². The normalized spacial score (nSPS) is 18.5. The highest BCUT2D eigenvalue weighted by Crippen LogP contribution is 2.34. The van der Waals surface area contributed by atoms with Gasteiger partial charge in [0, 0.05) is 0 Å². The first kappa shape index (κ1) is 6.83. The summed E-state index contributed by atoms with van der Waals surface area (Å²) >= 11 is 0. The first-order chi connectivity index (χ1) is 6.34. The van der Waals surface area contributed by atoms with Crippen LogP contribution in [0.5, 0.6) is 0 Å². The van der Waals surface area contributed by atoms with Crippen molar-refractivity contribution in [3.63, 3.8) is 0 Å². The van der Waals surface area contributed by atoms with E-state index in [-0.39, 0.29) is 11.6 Å². The van der Waals surface area contributed by atoms with Gasteiger partial charge >= 0.3 is 7.32 Å². The van der Waals surface area contributed by atoms with Gasteiger partial charge in [-0.25, -0.2) is 9.51 Å². The van der Waals surface area contributed by atoms with E-state index in [0.29, 0.717) is 5.69 Å². The van der Waals surface area contributed by atoms with Gasteiger partial charge in [0.15, 0.2) is 11.5 Å². The lowest BCUT2D eigenvalue weighted by Gasteiger charge is -2.29. The van der Waals surface area contributed by atoms with E-state index in [1.165, 1.54) is 0 Å². The summed E-state index contributed by atoms with van der Waals surface area (Å²) in [6.07, 6.45) is 0. The quantitative estimate of drug-likeness (QED) is 0.462. The maximum Gasteiger partial charge on any atom is 0.711 e. The molecule has 9 nitrogen and oxygen atoms in total. The van der Waals surface area contributed by atoms with Gasteiger partial charge in [-0.1, -0.05) is 0 Å². The molecule has 1 saturated heterocycles. The molecule has 4 rings (SSSR count). The van der Waals surface area contributed by atoms with E-state index in [9.17, 15) is 0 Å². The fourth-order valence-electron chi connectivity index (χ4n) is 0.967. The Morgan fingerprint density at radius 3 is 3.08 bits per heavy atom. The van der Waals surface area contributed by atoms with E-state index in [1.54, 1.807) is 0 Å². The summed E-state index contributed by atoms with van der Waals surface area (Å²) in [5.74, 6) is 0.436. The molecule has 0 atom stereocenters. The van der Waals surface area contributed by atoms with Crippen LogP contribution in [0.4, 0.5) is 17.3 Å². The Morgan fingerprint density at radius 2 is 2.23 bits per heavy atom. The Balaban J connectivity index is 2.13. The molecule has 0 unspecified atom stereocenters. The third kappa shape index (κ3) is 0.839. The van der Waals surface area contributed by atoms with E-state index in [1.807, 2.05) is 0 Å². The van der Waals surface area contributed by atoms with Crippen LogP contribution in [0, 0.1) is 0 Å². The van der Waals surface area contributed by atoms with Gasteiger partial charge in [0.05, 0.1) is 0 Å². The van der Waals surface area contributed by atoms with Gasteiger partial charge in [-0.15, -0.1) is 15.4 Å². The minimum Gasteiger partial charge on any atom is -0.380 e. The van der Waals surface area contributed by atoms with Crippen molar-refractivity contribution in [2.45, 2.75) is 0 Å². The molecule has 4 heterocycles. The molecule has 3 aliphatic rings. The van der Waals surface area contributed by atoms with Crippen molar-refractivity contribution < 1.29 is 14.3 Å². The minimum absolute atomic E-state index is 0.157. The number of nitrogens with two attached hydrogens (primary N) is 1. The third-order valence-electron chi connectivity index (χ3n) is 1.57. The zero-order valence-corrected chi connectivity index (χ0v) is 6.17. The van der Waals surface area contributed by atoms with Crippen LogP contribution >= 0.6 is 0 Å². The number of anilines is 3. The lowest BCUT2D eigenvalue weighted by atomic mass is 10.2. The summed E-state index contributed by atoms with van der Waals surface area (Å²) in [6, 6.07) is 0. The molecule has 0 spiro atoms. The molecule has 1 aromatic rings. The summed E-state index contributed by atoms with van der Waals surface area (Å²) in [5.41, 5.74) is 8.37. The predicted molar refractivity (Wildman–Crippen MR) is 39.4 cm³/mol. The SMILES string of the molecule is Nc1nnnc2c1NOB1ON2O1. The third-order valence-corrected chi connectivity index (χ3v) is 1.57. The molecule has 0 saturated carbocycles. The maximum atomic E-state index is 5.50. The molecule has 3 N–H and O–H groups in total. The van der Waals surface area contributed by atoms with E-state index < -0.39 is 7.32 Å². The molecule has 13 heavy (non-hydrogen) atoms. The van der Waals surface area contributed by atoms with Crippen molar-refractivity contribution in [2.75, 3.05) is 16.4 Å². The molecule has 1 aromatic heterocycles. The van der Waals surface area contributed by atoms with E-state index in [0.717, 1.165) is 5.23 Å². The summed E-state index contributed by atoms with van der Waals surface area (Å²) < 4.78 is 14.7. The number of rotatable bonds is 0. The molecule has 3 aliphatic heterocycles. The van der Waals surface area contributed by atoms with Crippen LogP contribution in [0.2, 0.25) is 0 Å². The monoisotopic (exact) mass is 182 g/mol. The second kappa shape index (κ2) is 2.19. The van der Waals surface area contributed by atoms with Crippen LogP contribution in [0.1, 0.15) is 0 Å². The Hall–Kier alpha value is -1.65. The lowest BCUT2D eigenvalue weighted by Crippen LogP contribution is -2.50. The smallest absolute Gasteiger partial charge is 0.380 e. The molecular formula is C3H3BN6O3. The van der Waals surface area contributed by atoms with Gasteiger partial charge in [-0.3, -0.25) is 10.2 Å². The number of nitrogens with one attached hydrogen (secondary N) is 1. The second-order valence-electron chi connectivity index (χ2n) is 2.35. The van der Waals surface area contributed by atoms with Crippen LogP contribution in [0.15, 0.2) is 0 Å². The first-order valence-corrected chi connectivity index (χ1v) is 3.39. The van der Waals surface area contributed by atoms with Crippen molar-refractivity contribution in [1.82, 2.24) is 15.4 Å². The number of fused-ring (bicyclic) bond motifs is 1. The van der Waals surface area contributed by atoms with Crippen molar-refractivity contribution >= 4 is 24.6 Å². The largest absolute Gasteiger partial charge is 0.711 e. The molecule has 10 heteroatoms. The number of hydrogen-bond acceptors (Lipinski definition) is 9. The zero-order chi connectivity index (χ0) is 8.84.